The van der Waals surface area contributed by atoms with Crippen molar-refractivity contribution >= 4 is 0 Å². The van der Waals surface area contributed by atoms with Crippen molar-refractivity contribution in [2.24, 2.45) is 5.84 Å². The number of hydrazine groups is 1. The standard InChI is InChI=1S/C15H19N3/c1-11-3-5-13(6-4-11)9-15(18-16)14-7-8-17-10-12(14)2/h3-8,10,15,18H,9,16H2,1-2H3. The Labute approximate surface area is 108 Å². The molecule has 3 heteroatoms. The Hall–Kier alpha value is -1.71. The van der Waals surface area contributed by atoms with Gasteiger partial charge in [-0.25, -0.2) is 0 Å². The molecule has 1 aromatic heterocycles. The number of pyridine rings is 1. The van der Waals surface area contributed by atoms with Gasteiger partial charge in [0.25, 0.3) is 0 Å². The number of nitrogens with zero attached hydrogens (tertiary/aromatic N) is 1. The van der Waals surface area contributed by atoms with Crippen LogP contribution in [0, 0.1) is 13.8 Å². The Bertz CT molecular complexity index is 505. The number of hydrogen-bond donors (Lipinski definition) is 2. The van der Waals surface area contributed by atoms with E-state index in [0.717, 1.165) is 12.0 Å². The molecular weight excluding hydrogens is 222 g/mol. The molecule has 0 amide bonds. The van der Waals surface area contributed by atoms with Gasteiger partial charge in [-0.05, 0) is 43.0 Å². The van der Waals surface area contributed by atoms with E-state index in [1.807, 2.05) is 18.5 Å². The van der Waals surface area contributed by atoms with Gasteiger partial charge in [0.05, 0.1) is 6.04 Å². The third-order valence-electron chi connectivity index (χ3n) is 3.20. The monoisotopic (exact) mass is 241 g/mol. The van der Waals surface area contributed by atoms with E-state index in [2.05, 4.69) is 48.5 Å². The van der Waals surface area contributed by atoms with Gasteiger partial charge in [-0.1, -0.05) is 29.8 Å². The summed E-state index contributed by atoms with van der Waals surface area (Å²) in [4.78, 5) is 4.11. The molecule has 0 radical (unpaired) electrons. The molecule has 0 aliphatic heterocycles. The first-order valence-electron chi connectivity index (χ1n) is 6.13. The van der Waals surface area contributed by atoms with E-state index < -0.39 is 0 Å². The number of nitrogens with one attached hydrogen (secondary N) is 1. The first-order chi connectivity index (χ1) is 8.70. The lowest BCUT2D eigenvalue weighted by Gasteiger charge is -2.18. The van der Waals surface area contributed by atoms with Crippen molar-refractivity contribution in [3.63, 3.8) is 0 Å². The molecule has 0 aliphatic carbocycles. The van der Waals surface area contributed by atoms with Gasteiger partial charge >= 0.3 is 0 Å². The number of rotatable bonds is 4. The van der Waals surface area contributed by atoms with Crippen molar-refractivity contribution in [2.45, 2.75) is 26.3 Å². The van der Waals surface area contributed by atoms with E-state index in [0.29, 0.717) is 0 Å². The Kier molecular flexibility index (Phi) is 4.07. The second kappa shape index (κ2) is 5.76. The number of aryl methyl sites for hydroxylation is 2. The van der Waals surface area contributed by atoms with Gasteiger partial charge in [0.15, 0.2) is 0 Å². The van der Waals surface area contributed by atoms with Crippen LogP contribution in [-0.2, 0) is 6.42 Å². The molecule has 94 valence electrons. The highest BCUT2D eigenvalue weighted by Gasteiger charge is 2.12. The highest BCUT2D eigenvalue weighted by atomic mass is 15.2. The molecule has 1 unspecified atom stereocenters. The van der Waals surface area contributed by atoms with Crippen molar-refractivity contribution < 1.29 is 0 Å². The van der Waals surface area contributed by atoms with Crippen molar-refractivity contribution in [1.29, 1.82) is 0 Å². The summed E-state index contributed by atoms with van der Waals surface area (Å²) in [7, 11) is 0. The summed E-state index contributed by atoms with van der Waals surface area (Å²) in [5.41, 5.74) is 7.81. The predicted octanol–water partition coefficient (Wildman–Crippen LogP) is 2.45. The van der Waals surface area contributed by atoms with Gasteiger partial charge < -0.3 is 0 Å². The molecule has 0 aliphatic rings. The third kappa shape index (κ3) is 2.94. The molecule has 0 bridgehead atoms. The van der Waals surface area contributed by atoms with Crippen LogP contribution in [0.1, 0.15) is 28.3 Å². The number of nitrogens with two attached hydrogens (primary N) is 1. The summed E-state index contributed by atoms with van der Waals surface area (Å²) in [6.45, 7) is 4.15. The third-order valence-corrected chi connectivity index (χ3v) is 3.20. The van der Waals surface area contributed by atoms with E-state index in [1.54, 1.807) is 0 Å². The molecular formula is C15H19N3. The van der Waals surface area contributed by atoms with Gasteiger partial charge in [-0.15, -0.1) is 0 Å². The van der Waals surface area contributed by atoms with Gasteiger partial charge in [0.2, 0.25) is 0 Å². The average molecular weight is 241 g/mol. The molecule has 1 atom stereocenters. The molecule has 0 fully saturated rings. The molecule has 1 heterocycles. The Morgan fingerprint density at radius 2 is 1.89 bits per heavy atom. The summed E-state index contributed by atoms with van der Waals surface area (Å²) in [5, 5.41) is 0. The van der Waals surface area contributed by atoms with Gasteiger partial charge in [0.1, 0.15) is 0 Å². The van der Waals surface area contributed by atoms with Crippen molar-refractivity contribution in [3.05, 3.63) is 65.0 Å². The number of aromatic nitrogens is 1. The first kappa shape index (κ1) is 12.7. The zero-order chi connectivity index (χ0) is 13.0. The van der Waals surface area contributed by atoms with Crippen molar-refractivity contribution in [3.8, 4) is 0 Å². The average Bonchev–Trinajstić information content (AvgIpc) is 2.39. The Morgan fingerprint density at radius 3 is 2.50 bits per heavy atom. The summed E-state index contributed by atoms with van der Waals surface area (Å²) >= 11 is 0. The summed E-state index contributed by atoms with van der Waals surface area (Å²) in [6.07, 6.45) is 4.55. The lowest BCUT2D eigenvalue weighted by molar-refractivity contribution is 0.548. The van der Waals surface area contributed by atoms with Crippen LogP contribution in [-0.4, -0.2) is 4.98 Å². The lowest BCUT2D eigenvalue weighted by Crippen LogP contribution is -2.30. The van der Waals surface area contributed by atoms with E-state index in [-0.39, 0.29) is 6.04 Å². The fraction of sp³-hybridized carbons (Fsp3) is 0.267. The molecule has 3 N–H and O–H groups in total. The maximum atomic E-state index is 5.68. The van der Waals surface area contributed by atoms with Crippen LogP contribution >= 0.6 is 0 Å². The summed E-state index contributed by atoms with van der Waals surface area (Å²) in [5.74, 6) is 5.68. The Morgan fingerprint density at radius 1 is 1.17 bits per heavy atom. The quantitative estimate of drug-likeness (QED) is 0.638. The van der Waals surface area contributed by atoms with Crippen molar-refractivity contribution in [1.82, 2.24) is 10.4 Å². The normalized spacial score (nSPS) is 12.4. The maximum absolute atomic E-state index is 5.68. The zero-order valence-corrected chi connectivity index (χ0v) is 10.9. The molecule has 0 saturated carbocycles. The topological polar surface area (TPSA) is 50.9 Å². The molecule has 3 nitrogen and oxygen atoms in total. The van der Waals surface area contributed by atoms with E-state index >= 15 is 0 Å². The van der Waals surface area contributed by atoms with E-state index in [9.17, 15) is 0 Å². The fourth-order valence-electron chi connectivity index (χ4n) is 2.09. The smallest absolute Gasteiger partial charge is 0.0504 e. The molecule has 18 heavy (non-hydrogen) atoms. The van der Waals surface area contributed by atoms with E-state index in [1.165, 1.54) is 16.7 Å². The molecule has 2 aromatic rings. The zero-order valence-electron chi connectivity index (χ0n) is 10.9. The minimum Gasteiger partial charge on any atom is -0.271 e. The maximum Gasteiger partial charge on any atom is 0.0504 e. The van der Waals surface area contributed by atoms with Crippen LogP contribution in [0.2, 0.25) is 0 Å². The first-order valence-corrected chi connectivity index (χ1v) is 6.13. The van der Waals surface area contributed by atoms with Gasteiger partial charge in [0, 0.05) is 12.4 Å². The molecule has 1 aromatic carbocycles. The molecule has 0 saturated heterocycles. The highest BCUT2D eigenvalue weighted by molar-refractivity contribution is 5.29. The fourth-order valence-corrected chi connectivity index (χ4v) is 2.09. The minimum absolute atomic E-state index is 0.121. The van der Waals surface area contributed by atoms with Crippen LogP contribution in [0.3, 0.4) is 0 Å². The van der Waals surface area contributed by atoms with Crippen LogP contribution in [0.25, 0.3) is 0 Å². The molecule has 0 spiro atoms. The summed E-state index contributed by atoms with van der Waals surface area (Å²) in [6, 6.07) is 10.7. The lowest BCUT2D eigenvalue weighted by atomic mass is 9.97. The van der Waals surface area contributed by atoms with Gasteiger partial charge in [-0.3, -0.25) is 16.3 Å². The Balaban J connectivity index is 2.20. The van der Waals surface area contributed by atoms with E-state index in [4.69, 9.17) is 5.84 Å². The van der Waals surface area contributed by atoms with Crippen LogP contribution in [0.15, 0.2) is 42.7 Å². The summed E-state index contributed by atoms with van der Waals surface area (Å²) < 4.78 is 0. The van der Waals surface area contributed by atoms with Gasteiger partial charge in [-0.2, -0.15) is 0 Å². The largest absolute Gasteiger partial charge is 0.271 e. The van der Waals surface area contributed by atoms with Crippen LogP contribution in [0.4, 0.5) is 0 Å². The minimum atomic E-state index is 0.121. The highest BCUT2D eigenvalue weighted by Crippen LogP contribution is 2.20. The number of hydrogen-bond acceptors (Lipinski definition) is 3. The predicted molar refractivity (Wildman–Crippen MR) is 73.9 cm³/mol. The second-order valence-corrected chi connectivity index (χ2v) is 4.64. The van der Waals surface area contributed by atoms with Crippen LogP contribution in [0.5, 0.6) is 0 Å². The van der Waals surface area contributed by atoms with Crippen molar-refractivity contribution in [2.75, 3.05) is 0 Å². The number of benzene rings is 1. The second-order valence-electron chi connectivity index (χ2n) is 4.64. The van der Waals surface area contributed by atoms with Crippen LogP contribution < -0.4 is 11.3 Å². The SMILES string of the molecule is Cc1ccc(CC(NN)c2ccncc2C)cc1. The molecule has 2 rings (SSSR count).